The van der Waals surface area contributed by atoms with Crippen molar-refractivity contribution < 1.29 is 19.5 Å². The Labute approximate surface area is 88.1 Å². The number of carboxylic acid groups (broad SMARTS) is 1. The molecule has 1 aliphatic rings. The van der Waals surface area contributed by atoms with Gasteiger partial charge in [0.25, 0.3) is 0 Å². The summed E-state index contributed by atoms with van der Waals surface area (Å²) in [4.78, 5) is 34.5. The number of carboxylic acids is 1. The molecule has 5 heteroatoms. The van der Waals surface area contributed by atoms with Gasteiger partial charge in [0.15, 0.2) is 5.78 Å². The van der Waals surface area contributed by atoms with Crippen molar-refractivity contribution >= 4 is 17.7 Å². The average molecular weight is 213 g/mol. The van der Waals surface area contributed by atoms with Gasteiger partial charge in [-0.2, -0.15) is 0 Å². The summed E-state index contributed by atoms with van der Waals surface area (Å²) in [6, 6.07) is -0.830. The molecule has 1 heterocycles. The molecule has 1 amide bonds. The molecule has 1 N–H and O–H groups in total. The van der Waals surface area contributed by atoms with Crippen LogP contribution < -0.4 is 0 Å². The molecule has 1 aliphatic heterocycles. The minimum absolute atomic E-state index is 0.0421. The van der Waals surface area contributed by atoms with Gasteiger partial charge in [-0.15, -0.1) is 0 Å². The van der Waals surface area contributed by atoms with Gasteiger partial charge >= 0.3 is 5.97 Å². The number of likely N-dealkylation sites (tertiary alicyclic amines) is 1. The fourth-order valence-electron chi connectivity index (χ4n) is 1.70. The van der Waals surface area contributed by atoms with Crippen LogP contribution in [0.4, 0.5) is 0 Å². The van der Waals surface area contributed by atoms with E-state index in [1.807, 2.05) is 6.92 Å². The third-order valence-electron chi connectivity index (χ3n) is 2.51. The van der Waals surface area contributed by atoms with Crippen LogP contribution in [0.2, 0.25) is 0 Å². The summed E-state index contributed by atoms with van der Waals surface area (Å²) in [5.74, 6) is -1.57. The molecule has 0 saturated carbocycles. The lowest BCUT2D eigenvalue weighted by Crippen LogP contribution is -2.42. The molecule has 0 spiro atoms. The fourth-order valence-corrected chi connectivity index (χ4v) is 1.70. The van der Waals surface area contributed by atoms with Gasteiger partial charge in [-0.3, -0.25) is 9.59 Å². The van der Waals surface area contributed by atoms with Crippen LogP contribution in [0.25, 0.3) is 0 Å². The number of aliphatic carboxylic acids is 1. The van der Waals surface area contributed by atoms with E-state index >= 15 is 0 Å². The number of amides is 1. The quantitative estimate of drug-likeness (QED) is 0.672. The van der Waals surface area contributed by atoms with Crippen LogP contribution in [0.1, 0.15) is 32.6 Å². The maximum Gasteiger partial charge on any atom is 0.326 e. The van der Waals surface area contributed by atoms with E-state index < -0.39 is 12.0 Å². The van der Waals surface area contributed by atoms with Gasteiger partial charge in [0.1, 0.15) is 6.04 Å². The van der Waals surface area contributed by atoms with Crippen molar-refractivity contribution in [3.8, 4) is 0 Å². The molecule has 0 aliphatic carbocycles. The molecule has 1 atom stereocenters. The number of hydrogen-bond donors (Lipinski definition) is 1. The minimum Gasteiger partial charge on any atom is -0.480 e. The highest BCUT2D eigenvalue weighted by atomic mass is 16.4. The summed E-state index contributed by atoms with van der Waals surface area (Å²) in [6.45, 7) is 1.91. The molecule has 1 rings (SSSR count). The Morgan fingerprint density at radius 2 is 2.20 bits per heavy atom. The summed E-state index contributed by atoms with van der Waals surface area (Å²) in [6.07, 6.45) is 1.90. The monoisotopic (exact) mass is 213 g/mol. The first-order valence-electron chi connectivity index (χ1n) is 5.10. The zero-order chi connectivity index (χ0) is 11.4. The summed E-state index contributed by atoms with van der Waals surface area (Å²) < 4.78 is 0. The first kappa shape index (κ1) is 11.7. The predicted octanol–water partition coefficient (Wildman–Crippen LogP) is 0.431. The van der Waals surface area contributed by atoms with E-state index in [0.29, 0.717) is 6.42 Å². The highest BCUT2D eigenvalue weighted by molar-refractivity contribution is 6.06. The van der Waals surface area contributed by atoms with Gasteiger partial charge in [0.2, 0.25) is 5.91 Å². The largest absolute Gasteiger partial charge is 0.480 e. The van der Waals surface area contributed by atoms with Crippen molar-refractivity contribution in [1.82, 2.24) is 4.90 Å². The highest BCUT2D eigenvalue weighted by Gasteiger charge is 2.36. The second-order valence-corrected chi connectivity index (χ2v) is 3.73. The lowest BCUT2D eigenvalue weighted by atomic mass is 10.1. The third-order valence-corrected chi connectivity index (χ3v) is 2.51. The normalized spacial score (nSPS) is 18.3. The summed E-state index contributed by atoms with van der Waals surface area (Å²) in [5.41, 5.74) is 0. The summed E-state index contributed by atoms with van der Waals surface area (Å²) in [7, 11) is 0. The van der Waals surface area contributed by atoms with E-state index in [0.717, 1.165) is 12.8 Å². The Kier molecular flexibility index (Phi) is 3.82. The van der Waals surface area contributed by atoms with Gasteiger partial charge in [0.05, 0.1) is 13.0 Å². The molecular weight excluding hydrogens is 198 g/mol. The minimum atomic E-state index is -1.02. The molecule has 0 bridgehead atoms. The molecule has 0 aromatic carbocycles. The van der Waals surface area contributed by atoms with Crippen molar-refractivity contribution in [2.75, 3.05) is 6.54 Å². The Bertz CT molecular complexity index is 287. The number of ketones is 1. The Hall–Kier alpha value is -1.39. The maximum absolute atomic E-state index is 11.3. The number of rotatable bonds is 5. The van der Waals surface area contributed by atoms with Crippen molar-refractivity contribution in [3.05, 3.63) is 0 Å². The number of carbonyl (C=O) groups excluding carboxylic acids is 2. The molecule has 1 fully saturated rings. The number of carbonyl (C=O) groups is 3. The second kappa shape index (κ2) is 4.91. The van der Waals surface area contributed by atoms with E-state index in [1.165, 1.54) is 4.90 Å². The Balaban J connectivity index is 2.67. The Morgan fingerprint density at radius 1 is 1.53 bits per heavy atom. The van der Waals surface area contributed by atoms with Crippen molar-refractivity contribution in [1.29, 1.82) is 0 Å². The van der Waals surface area contributed by atoms with Gasteiger partial charge in [-0.25, -0.2) is 4.79 Å². The van der Waals surface area contributed by atoms with E-state index in [9.17, 15) is 14.4 Å². The van der Waals surface area contributed by atoms with Crippen LogP contribution in [0.15, 0.2) is 0 Å². The molecule has 0 aromatic rings. The molecule has 84 valence electrons. The van der Waals surface area contributed by atoms with Crippen molar-refractivity contribution in [3.63, 3.8) is 0 Å². The van der Waals surface area contributed by atoms with Crippen LogP contribution >= 0.6 is 0 Å². The van der Waals surface area contributed by atoms with Crippen LogP contribution in [-0.4, -0.2) is 40.3 Å². The molecule has 15 heavy (non-hydrogen) atoms. The topological polar surface area (TPSA) is 74.7 Å². The van der Waals surface area contributed by atoms with E-state index in [-0.39, 0.29) is 24.7 Å². The third kappa shape index (κ3) is 2.78. The zero-order valence-corrected chi connectivity index (χ0v) is 8.73. The number of unbranched alkanes of at least 4 members (excludes halogenated alkanes) is 1. The smallest absolute Gasteiger partial charge is 0.326 e. The molecule has 1 saturated heterocycles. The Morgan fingerprint density at radius 3 is 2.60 bits per heavy atom. The summed E-state index contributed by atoms with van der Waals surface area (Å²) in [5, 5.41) is 8.96. The van der Waals surface area contributed by atoms with Crippen LogP contribution in [0, 0.1) is 0 Å². The van der Waals surface area contributed by atoms with Crippen molar-refractivity contribution in [2.45, 2.75) is 38.6 Å². The molecule has 0 aromatic heterocycles. The second-order valence-electron chi connectivity index (χ2n) is 3.73. The SMILES string of the molecule is CCCCC(C(=O)O)N1CC(=O)CC1=O. The number of hydrogen-bond acceptors (Lipinski definition) is 3. The van der Waals surface area contributed by atoms with Crippen LogP contribution in [-0.2, 0) is 14.4 Å². The van der Waals surface area contributed by atoms with Crippen LogP contribution in [0.5, 0.6) is 0 Å². The zero-order valence-electron chi connectivity index (χ0n) is 8.73. The van der Waals surface area contributed by atoms with Gasteiger partial charge < -0.3 is 10.0 Å². The molecular formula is C10H15NO4. The lowest BCUT2D eigenvalue weighted by molar-refractivity contribution is -0.148. The van der Waals surface area contributed by atoms with Crippen LogP contribution in [0.3, 0.4) is 0 Å². The lowest BCUT2D eigenvalue weighted by Gasteiger charge is -2.23. The van der Waals surface area contributed by atoms with Gasteiger partial charge in [-0.1, -0.05) is 19.8 Å². The molecule has 1 unspecified atom stereocenters. The van der Waals surface area contributed by atoms with E-state index in [4.69, 9.17) is 5.11 Å². The molecule has 5 nitrogen and oxygen atoms in total. The molecule has 0 radical (unpaired) electrons. The van der Waals surface area contributed by atoms with Gasteiger partial charge in [0, 0.05) is 0 Å². The van der Waals surface area contributed by atoms with E-state index in [2.05, 4.69) is 0 Å². The van der Waals surface area contributed by atoms with Gasteiger partial charge in [-0.05, 0) is 6.42 Å². The average Bonchev–Trinajstić information content (AvgIpc) is 2.46. The first-order valence-corrected chi connectivity index (χ1v) is 5.10. The fraction of sp³-hybridized carbons (Fsp3) is 0.700. The highest BCUT2D eigenvalue weighted by Crippen LogP contribution is 2.16. The maximum atomic E-state index is 11.3. The van der Waals surface area contributed by atoms with E-state index in [1.54, 1.807) is 0 Å². The number of Topliss-reactive ketones (excluding diaryl/α,β-unsaturated/α-hetero) is 1. The summed E-state index contributed by atoms with van der Waals surface area (Å²) >= 11 is 0. The van der Waals surface area contributed by atoms with Crippen molar-refractivity contribution in [2.24, 2.45) is 0 Å². The number of nitrogens with zero attached hydrogens (tertiary/aromatic N) is 1. The first-order chi connectivity index (χ1) is 7.06. The standard InChI is InChI=1S/C10H15NO4/c1-2-3-4-8(10(14)15)11-6-7(12)5-9(11)13/h8H,2-6H2,1H3,(H,14,15). The predicted molar refractivity (Wildman–Crippen MR) is 52.3 cm³/mol.